The lowest BCUT2D eigenvalue weighted by Gasteiger charge is -2.39. The molecule has 3 fully saturated rings. The minimum Gasteiger partial charge on any atom is -0.445 e. The number of carbonyl (C=O) groups is 3. The highest BCUT2D eigenvalue weighted by molar-refractivity contribution is 6.22. The lowest BCUT2D eigenvalue weighted by Crippen LogP contribution is -2.43. The van der Waals surface area contributed by atoms with Crippen LogP contribution in [0.15, 0.2) is 91.5 Å². The van der Waals surface area contributed by atoms with E-state index in [1.807, 2.05) is 66.7 Å². The van der Waals surface area contributed by atoms with Gasteiger partial charge in [-0.3, -0.25) is 14.5 Å². The molecule has 10 nitrogen and oxygen atoms in total. The molecule has 0 aromatic heterocycles. The predicted octanol–water partition coefficient (Wildman–Crippen LogP) is 5.71. The highest BCUT2D eigenvalue weighted by Crippen LogP contribution is 2.40. The standard InChI is InChI=1S/C38H43N3O7/c1-2-19-40(30-12-6-7-13-30)23-32-21-34(28-17-15-26(24-42)16-18-28)48-37(47-32)29-11-8-14-31(20-29)41-35(43)22-33(36(41)44)39-38(45)46-25-27-9-4-3-5-10-27/h2-5,8-11,14-18,20,30,32-34,37,42H,1,6-7,12-13,19,21-25H2,(H,39,45)/t32-,33?,34+,37+/m0/s1. The van der Waals surface area contributed by atoms with Gasteiger partial charge >= 0.3 is 6.09 Å². The van der Waals surface area contributed by atoms with Crippen molar-refractivity contribution in [2.45, 2.75) is 82.3 Å². The van der Waals surface area contributed by atoms with Crippen LogP contribution in [0, 0.1) is 0 Å². The maximum Gasteiger partial charge on any atom is 0.408 e. The van der Waals surface area contributed by atoms with Gasteiger partial charge in [0, 0.05) is 31.1 Å². The summed E-state index contributed by atoms with van der Waals surface area (Å²) in [6, 6.07) is 23.5. The van der Waals surface area contributed by atoms with Gasteiger partial charge in [0.05, 0.1) is 30.9 Å². The molecule has 2 N–H and O–H groups in total. The van der Waals surface area contributed by atoms with Crippen LogP contribution in [0.5, 0.6) is 0 Å². The van der Waals surface area contributed by atoms with Gasteiger partial charge in [0.25, 0.3) is 5.91 Å². The largest absolute Gasteiger partial charge is 0.445 e. The highest BCUT2D eigenvalue weighted by Gasteiger charge is 2.41. The molecule has 48 heavy (non-hydrogen) atoms. The molecule has 10 heteroatoms. The molecule has 1 saturated carbocycles. The van der Waals surface area contributed by atoms with E-state index < -0.39 is 30.2 Å². The molecule has 0 radical (unpaired) electrons. The third kappa shape index (κ3) is 8.02. The molecule has 3 aliphatic rings. The summed E-state index contributed by atoms with van der Waals surface area (Å²) in [5, 5.41) is 12.1. The Kier molecular flexibility index (Phi) is 11.0. The van der Waals surface area contributed by atoms with E-state index >= 15 is 0 Å². The quantitative estimate of drug-likeness (QED) is 0.189. The zero-order valence-corrected chi connectivity index (χ0v) is 27.0. The number of imide groups is 1. The lowest BCUT2D eigenvalue weighted by atomic mass is 9.99. The van der Waals surface area contributed by atoms with Crippen LogP contribution in [0.2, 0.25) is 0 Å². The number of aliphatic hydroxyl groups excluding tert-OH is 1. The number of nitrogens with zero attached hydrogens (tertiary/aromatic N) is 2. The summed E-state index contributed by atoms with van der Waals surface area (Å²) in [6.45, 7) is 5.50. The second kappa shape index (κ2) is 15.7. The molecular formula is C38H43N3O7. The van der Waals surface area contributed by atoms with Crippen LogP contribution in [-0.4, -0.2) is 59.2 Å². The number of rotatable bonds is 12. The van der Waals surface area contributed by atoms with Gasteiger partial charge in [-0.25, -0.2) is 9.69 Å². The molecular weight excluding hydrogens is 610 g/mol. The monoisotopic (exact) mass is 653 g/mol. The highest BCUT2D eigenvalue weighted by atomic mass is 16.7. The Bertz CT molecular complexity index is 1570. The summed E-state index contributed by atoms with van der Waals surface area (Å²) in [6.07, 6.45) is 5.24. The normalized spacial score (nSPS) is 23.1. The van der Waals surface area contributed by atoms with E-state index in [0.29, 0.717) is 23.7 Å². The minimum absolute atomic E-state index is 0.0377. The number of hydrogen-bond donors (Lipinski definition) is 2. The molecule has 1 aliphatic carbocycles. The van der Waals surface area contributed by atoms with Gasteiger partial charge < -0.3 is 24.6 Å². The van der Waals surface area contributed by atoms with Gasteiger partial charge in [-0.2, -0.15) is 0 Å². The zero-order valence-electron chi connectivity index (χ0n) is 27.0. The average molecular weight is 654 g/mol. The number of amides is 3. The second-order valence-corrected chi connectivity index (χ2v) is 12.7. The van der Waals surface area contributed by atoms with Crippen LogP contribution in [0.1, 0.15) is 73.2 Å². The molecule has 3 amide bonds. The second-order valence-electron chi connectivity index (χ2n) is 12.7. The van der Waals surface area contributed by atoms with Crippen molar-refractivity contribution < 1.29 is 33.7 Å². The molecule has 6 rings (SSSR count). The molecule has 3 aromatic carbocycles. The number of nitrogens with one attached hydrogen (secondary N) is 1. The van der Waals surface area contributed by atoms with Crippen molar-refractivity contribution in [3.63, 3.8) is 0 Å². The van der Waals surface area contributed by atoms with Crippen molar-refractivity contribution in [2.24, 2.45) is 0 Å². The molecule has 2 saturated heterocycles. The van der Waals surface area contributed by atoms with Gasteiger partial charge in [-0.1, -0.05) is 85.6 Å². The SMILES string of the molecule is C=CCN(C[C@@H]1C[C@H](c2ccc(CO)cc2)O[C@H](c2cccc(N3C(=O)CC(NC(=O)OCc4ccccc4)C3=O)c2)O1)C1CCCC1. The van der Waals surface area contributed by atoms with Crippen molar-refractivity contribution in [1.29, 1.82) is 0 Å². The van der Waals surface area contributed by atoms with E-state index in [-0.39, 0.29) is 31.8 Å². The smallest absolute Gasteiger partial charge is 0.408 e. The lowest BCUT2D eigenvalue weighted by molar-refractivity contribution is -0.253. The third-order valence-electron chi connectivity index (χ3n) is 9.31. The molecule has 252 valence electrons. The van der Waals surface area contributed by atoms with E-state index in [1.165, 1.54) is 12.8 Å². The fourth-order valence-electron chi connectivity index (χ4n) is 6.84. The first kappa shape index (κ1) is 33.5. The summed E-state index contributed by atoms with van der Waals surface area (Å²) in [7, 11) is 0. The number of anilines is 1. The summed E-state index contributed by atoms with van der Waals surface area (Å²) in [4.78, 5) is 42.5. The Hall–Kier alpha value is -4.35. The maximum absolute atomic E-state index is 13.4. The molecule has 1 unspecified atom stereocenters. The van der Waals surface area contributed by atoms with Gasteiger partial charge in [0.2, 0.25) is 5.91 Å². The first-order chi connectivity index (χ1) is 23.4. The van der Waals surface area contributed by atoms with E-state index in [2.05, 4.69) is 16.8 Å². The summed E-state index contributed by atoms with van der Waals surface area (Å²) >= 11 is 0. The van der Waals surface area contributed by atoms with Crippen LogP contribution in [-0.2, 0) is 37.0 Å². The number of aliphatic hydroxyl groups is 1. The fraction of sp³-hybridized carbons (Fsp3) is 0.395. The van der Waals surface area contributed by atoms with Crippen LogP contribution in [0.3, 0.4) is 0 Å². The van der Waals surface area contributed by atoms with Crippen molar-refractivity contribution in [1.82, 2.24) is 10.2 Å². The number of ether oxygens (including phenoxy) is 3. The van der Waals surface area contributed by atoms with Gasteiger partial charge in [0.1, 0.15) is 12.6 Å². The van der Waals surface area contributed by atoms with Gasteiger partial charge in [0.15, 0.2) is 6.29 Å². The number of benzene rings is 3. The molecule has 4 atom stereocenters. The zero-order chi connectivity index (χ0) is 33.5. The van der Waals surface area contributed by atoms with Crippen LogP contribution >= 0.6 is 0 Å². The van der Waals surface area contributed by atoms with Crippen molar-refractivity contribution >= 4 is 23.6 Å². The van der Waals surface area contributed by atoms with E-state index in [1.54, 1.807) is 18.2 Å². The van der Waals surface area contributed by atoms with Crippen molar-refractivity contribution in [3.8, 4) is 0 Å². The Balaban J connectivity index is 1.18. The van der Waals surface area contributed by atoms with Crippen LogP contribution in [0.4, 0.5) is 10.5 Å². The topological polar surface area (TPSA) is 118 Å². The summed E-state index contributed by atoms with van der Waals surface area (Å²) < 4.78 is 18.4. The maximum atomic E-state index is 13.4. The average Bonchev–Trinajstić information content (AvgIpc) is 3.75. The Morgan fingerprint density at radius 3 is 2.48 bits per heavy atom. The molecule has 2 heterocycles. The minimum atomic E-state index is -1.03. The third-order valence-corrected chi connectivity index (χ3v) is 9.31. The molecule has 0 bridgehead atoms. The Morgan fingerprint density at radius 2 is 1.75 bits per heavy atom. The number of alkyl carbamates (subject to hydrolysis) is 1. The summed E-state index contributed by atoms with van der Waals surface area (Å²) in [5.74, 6) is -0.956. The molecule has 0 spiro atoms. The molecule has 3 aromatic rings. The number of hydrogen-bond acceptors (Lipinski definition) is 8. The van der Waals surface area contributed by atoms with Gasteiger partial charge in [-0.05, 0) is 41.7 Å². The van der Waals surface area contributed by atoms with Crippen LogP contribution < -0.4 is 10.2 Å². The Morgan fingerprint density at radius 1 is 0.979 bits per heavy atom. The fourth-order valence-corrected chi connectivity index (χ4v) is 6.84. The predicted molar refractivity (Wildman–Crippen MR) is 180 cm³/mol. The van der Waals surface area contributed by atoms with Gasteiger partial charge in [-0.15, -0.1) is 6.58 Å². The first-order valence-electron chi connectivity index (χ1n) is 16.7. The van der Waals surface area contributed by atoms with Crippen molar-refractivity contribution in [2.75, 3.05) is 18.0 Å². The van der Waals surface area contributed by atoms with Crippen LogP contribution in [0.25, 0.3) is 0 Å². The summed E-state index contributed by atoms with van der Waals surface area (Å²) in [5.41, 5.74) is 3.66. The first-order valence-corrected chi connectivity index (χ1v) is 16.7. The van der Waals surface area contributed by atoms with E-state index in [0.717, 1.165) is 47.5 Å². The molecule has 2 aliphatic heterocycles. The van der Waals surface area contributed by atoms with Crippen molar-refractivity contribution in [3.05, 3.63) is 114 Å². The number of carbonyl (C=O) groups excluding carboxylic acids is 3. The Labute approximate surface area is 281 Å². The van der Waals surface area contributed by atoms with E-state index in [4.69, 9.17) is 14.2 Å². The van der Waals surface area contributed by atoms with E-state index in [9.17, 15) is 19.5 Å².